The lowest BCUT2D eigenvalue weighted by Crippen LogP contribution is -1.97. The van der Waals surface area contributed by atoms with Gasteiger partial charge in [0.15, 0.2) is 6.29 Å². The third-order valence-corrected chi connectivity index (χ3v) is 3.17. The summed E-state index contributed by atoms with van der Waals surface area (Å²) in [5.74, 6) is 1.18. The molecule has 5 heteroatoms. The molecule has 0 amide bonds. The number of hydrogen-bond donors (Lipinski definition) is 0. The van der Waals surface area contributed by atoms with E-state index in [9.17, 15) is 4.79 Å². The number of benzene rings is 1. The summed E-state index contributed by atoms with van der Waals surface area (Å²) < 4.78 is 8.35. The van der Waals surface area contributed by atoms with Crippen LogP contribution < -0.4 is 4.74 Å². The molecule has 0 N–H and O–H groups in total. The van der Waals surface area contributed by atoms with Gasteiger partial charge in [0.2, 0.25) is 5.88 Å². The van der Waals surface area contributed by atoms with Crippen LogP contribution in [0.3, 0.4) is 0 Å². The lowest BCUT2D eigenvalue weighted by atomic mass is 10.2. The maximum atomic E-state index is 11.0. The van der Waals surface area contributed by atoms with Gasteiger partial charge < -0.3 is 4.74 Å². The van der Waals surface area contributed by atoms with Crippen molar-refractivity contribution in [1.29, 1.82) is 0 Å². The standard InChI is InChI=1S/C13H13BrN2O2/c1-8-6-10(14)4-5-12(8)18-13-11(7-17)9(2)15-16(13)3/h4-7H,1-3H3. The summed E-state index contributed by atoms with van der Waals surface area (Å²) >= 11 is 3.40. The molecule has 18 heavy (non-hydrogen) atoms. The second-order valence-corrected chi connectivity index (χ2v) is 4.97. The molecule has 2 aromatic rings. The molecule has 1 aromatic heterocycles. The van der Waals surface area contributed by atoms with Gasteiger partial charge in [-0.3, -0.25) is 4.79 Å². The average Bonchev–Trinajstić information content (AvgIpc) is 2.57. The molecule has 94 valence electrons. The van der Waals surface area contributed by atoms with E-state index >= 15 is 0 Å². The lowest BCUT2D eigenvalue weighted by Gasteiger charge is -2.09. The lowest BCUT2D eigenvalue weighted by molar-refractivity contribution is 0.112. The van der Waals surface area contributed by atoms with Crippen LogP contribution in [0.2, 0.25) is 0 Å². The maximum absolute atomic E-state index is 11.0. The number of carbonyl (C=O) groups is 1. The largest absolute Gasteiger partial charge is 0.438 e. The van der Waals surface area contributed by atoms with E-state index in [1.807, 2.05) is 25.1 Å². The Morgan fingerprint density at radius 2 is 2.11 bits per heavy atom. The number of aromatic nitrogens is 2. The van der Waals surface area contributed by atoms with Crippen LogP contribution in [0.25, 0.3) is 0 Å². The zero-order valence-electron chi connectivity index (χ0n) is 10.4. The first-order chi connectivity index (χ1) is 8.52. The Balaban J connectivity index is 2.42. The fourth-order valence-corrected chi connectivity index (χ4v) is 2.22. The minimum absolute atomic E-state index is 0.466. The summed E-state index contributed by atoms with van der Waals surface area (Å²) in [4.78, 5) is 11.0. The van der Waals surface area contributed by atoms with Crippen molar-refractivity contribution in [2.45, 2.75) is 13.8 Å². The molecule has 0 unspecified atom stereocenters. The molecule has 0 aliphatic heterocycles. The van der Waals surface area contributed by atoms with Crippen molar-refractivity contribution in [2.75, 3.05) is 0 Å². The minimum atomic E-state index is 0.466. The van der Waals surface area contributed by atoms with Crippen molar-refractivity contribution in [3.05, 3.63) is 39.5 Å². The molecule has 0 saturated heterocycles. The molecule has 0 aliphatic rings. The van der Waals surface area contributed by atoms with Crippen LogP contribution >= 0.6 is 15.9 Å². The monoisotopic (exact) mass is 308 g/mol. The van der Waals surface area contributed by atoms with Crippen molar-refractivity contribution in [2.24, 2.45) is 7.05 Å². The Morgan fingerprint density at radius 1 is 1.39 bits per heavy atom. The normalized spacial score (nSPS) is 10.4. The van der Waals surface area contributed by atoms with Crippen LogP contribution in [0.15, 0.2) is 22.7 Å². The first kappa shape index (κ1) is 12.8. The molecular formula is C13H13BrN2O2. The molecule has 1 aromatic carbocycles. The maximum Gasteiger partial charge on any atom is 0.228 e. The highest BCUT2D eigenvalue weighted by Crippen LogP contribution is 2.29. The van der Waals surface area contributed by atoms with E-state index in [0.717, 1.165) is 16.3 Å². The molecule has 0 radical (unpaired) electrons. The average molecular weight is 309 g/mol. The first-order valence-electron chi connectivity index (χ1n) is 5.45. The Bertz CT molecular complexity index is 605. The number of nitrogens with zero attached hydrogens (tertiary/aromatic N) is 2. The van der Waals surface area contributed by atoms with E-state index < -0.39 is 0 Å². The predicted octanol–water partition coefficient (Wildman–Crippen LogP) is 3.40. The van der Waals surface area contributed by atoms with Gasteiger partial charge >= 0.3 is 0 Å². The highest BCUT2D eigenvalue weighted by molar-refractivity contribution is 9.10. The van der Waals surface area contributed by atoms with Gasteiger partial charge in [-0.15, -0.1) is 0 Å². The number of hydrogen-bond acceptors (Lipinski definition) is 3. The Labute approximate surface area is 114 Å². The number of aryl methyl sites for hydroxylation is 3. The topological polar surface area (TPSA) is 44.1 Å². The van der Waals surface area contributed by atoms with E-state index in [1.54, 1.807) is 18.7 Å². The van der Waals surface area contributed by atoms with Gasteiger partial charge in [0, 0.05) is 11.5 Å². The van der Waals surface area contributed by atoms with E-state index in [0.29, 0.717) is 22.9 Å². The number of carbonyl (C=O) groups excluding carboxylic acids is 1. The van der Waals surface area contributed by atoms with Gasteiger partial charge in [0.05, 0.1) is 11.3 Å². The molecule has 0 spiro atoms. The number of rotatable bonds is 3. The highest BCUT2D eigenvalue weighted by Gasteiger charge is 2.15. The molecule has 0 atom stereocenters. The third kappa shape index (κ3) is 2.31. The van der Waals surface area contributed by atoms with Gasteiger partial charge in [-0.05, 0) is 37.6 Å². The summed E-state index contributed by atoms with van der Waals surface area (Å²) in [6.45, 7) is 3.73. The zero-order valence-corrected chi connectivity index (χ0v) is 12.0. The van der Waals surface area contributed by atoms with Crippen LogP contribution in [-0.2, 0) is 7.05 Å². The van der Waals surface area contributed by atoms with E-state index in [-0.39, 0.29) is 0 Å². The Morgan fingerprint density at radius 3 is 2.72 bits per heavy atom. The molecular weight excluding hydrogens is 296 g/mol. The number of ether oxygens (including phenoxy) is 1. The molecule has 2 rings (SSSR count). The number of halogens is 1. The van der Waals surface area contributed by atoms with Gasteiger partial charge in [-0.1, -0.05) is 15.9 Å². The van der Waals surface area contributed by atoms with Crippen molar-refractivity contribution in [3.63, 3.8) is 0 Å². The van der Waals surface area contributed by atoms with Gasteiger partial charge in [0.25, 0.3) is 0 Å². The van der Waals surface area contributed by atoms with Crippen LogP contribution in [0, 0.1) is 13.8 Å². The highest BCUT2D eigenvalue weighted by atomic mass is 79.9. The van der Waals surface area contributed by atoms with Crippen molar-refractivity contribution < 1.29 is 9.53 Å². The molecule has 1 heterocycles. The summed E-state index contributed by atoms with van der Waals surface area (Å²) in [5.41, 5.74) is 2.14. The predicted molar refractivity (Wildman–Crippen MR) is 72.3 cm³/mol. The van der Waals surface area contributed by atoms with Crippen molar-refractivity contribution in [3.8, 4) is 11.6 Å². The quantitative estimate of drug-likeness (QED) is 0.816. The molecule has 0 saturated carbocycles. The molecule has 0 bridgehead atoms. The third-order valence-electron chi connectivity index (χ3n) is 2.68. The SMILES string of the molecule is Cc1cc(Br)ccc1Oc1c(C=O)c(C)nn1C. The van der Waals surface area contributed by atoms with Crippen molar-refractivity contribution >= 4 is 22.2 Å². The fourth-order valence-electron chi connectivity index (χ4n) is 1.74. The van der Waals surface area contributed by atoms with E-state index in [4.69, 9.17) is 4.74 Å². The van der Waals surface area contributed by atoms with Crippen LogP contribution in [0.4, 0.5) is 0 Å². The summed E-state index contributed by atoms with van der Waals surface area (Å²) in [6.07, 6.45) is 0.770. The van der Waals surface area contributed by atoms with Gasteiger partial charge in [-0.2, -0.15) is 5.10 Å². The summed E-state index contributed by atoms with van der Waals surface area (Å²) in [5, 5.41) is 4.18. The fraction of sp³-hybridized carbons (Fsp3) is 0.231. The Hall–Kier alpha value is -1.62. The summed E-state index contributed by atoms with van der Waals surface area (Å²) in [7, 11) is 1.75. The van der Waals surface area contributed by atoms with Gasteiger partial charge in [0.1, 0.15) is 5.75 Å². The smallest absolute Gasteiger partial charge is 0.228 e. The van der Waals surface area contributed by atoms with E-state index in [1.165, 1.54) is 0 Å². The van der Waals surface area contributed by atoms with Gasteiger partial charge in [-0.25, -0.2) is 4.68 Å². The number of aldehydes is 1. The van der Waals surface area contributed by atoms with E-state index in [2.05, 4.69) is 21.0 Å². The summed E-state index contributed by atoms with van der Waals surface area (Å²) in [6, 6.07) is 5.71. The second kappa shape index (κ2) is 4.94. The zero-order chi connectivity index (χ0) is 13.3. The van der Waals surface area contributed by atoms with Crippen LogP contribution in [-0.4, -0.2) is 16.1 Å². The molecule has 0 fully saturated rings. The van der Waals surface area contributed by atoms with Crippen LogP contribution in [0.5, 0.6) is 11.6 Å². The first-order valence-corrected chi connectivity index (χ1v) is 6.25. The minimum Gasteiger partial charge on any atom is -0.438 e. The second-order valence-electron chi connectivity index (χ2n) is 4.06. The molecule has 0 aliphatic carbocycles. The van der Waals surface area contributed by atoms with Crippen LogP contribution in [0.1, 0.15) is 21.6 Å². The molecule has 4 nitrogen and oxygen atoms in total. The Kier molecular flexibility index (Phi) is 3.52. The van der Waals surface area contributed by atoms with Crippen molar-refractivity contribution in [1.82, 2.24) is 9.78 Å².